The number of aromatic nitrogens is 1. The molecule has 0 aliphatic carbocycles. The van der Waals surface area contributed by atoms with Crippen molar-refractivity contribution in [3.05, 3.63) is 51.8 Å². The fraction of sp³-hybridized carbons (Fsp3) is 0.133. The fourth-order valence-corrected chi connectivity index (χ4v) is 3.18. The predicted molar refractivity (Wildman–Crippen MR) is 82.1 cm³/mol. The van der Waals surface area contributed by atoms with E-state index < -0.39 is 0 Å². The molecule has 0 radical (unpaired) electrons. The second kappa shape index (κ2) is 5.31. The summed E-state index contributed by atoms with van der Waals surface area (Å²) in [6.45, 7) is 0.299. The molecule has 0 aliphatic heterocycles. The second-order valence-corrected chi connectivity index (χ2v) is 6.08. The Morgan fingerprint density at radius 3 is 2.85 bits per heavy atom. The van der Waals surface area contributed by atoms with Crippen LogP contribution in [0.15, 0.2) is 42.6 Å². The zero-order valence-electron chi connectivity index (χ0n) is 10.8. The van der Waals surface area contributed by atoms with Crippen molar-refractivity contribution < 1.29 is 9.53 Å². The van der Waals surface area contributed by atoms with Crippen LogP contribution in [0.25, 0.3) is 10.9 Å². The summed E-state index contributed by atoms with van der Waals surface area (Å²) < 4.78 is 7.88. The molecule has 2 aromatic heterocycles. The molecule has 3 rings (SSSR count). The molecule has 0 spiro atoms. The van der Waals surface area contributed by atoms with Crippen LogP contribution in [0.1, 0.15) is 9.67 Å². The van der Waals surface area contributed by atoms with Crippen LogP contribution in [0.5, 0.6) is 5.75 Å². The van der Waals surface area contributed by atoms with Crippen molar-refractivity contribution in [1.29, 1.82) is 0 Å². The van der Waals surface area contributed by atoms with Crippen molar-refractivity contribution in [3.63, 3.8) is 0 Å². The number of ketones is 1. The van der Waals surface area contributed by atoms with Gasteiger partial charge < -0.3 is 9.30 Å². The van der Waals surface area contributed by atoms with E-state index in [0.29, 0.717) is 15.8 Å². The number of hydrogen-bond donors (Lipinski definition) is 0. The van der Waals surface area contributed by atoms with Gasteiger partial charge in [0.15, 0.2) is 5.78 Å². The lowest BCUT2D eigenvalue weighted by Gasteiger charge is -2.05. The minimum atomic E-state index is 0.0576. The molecule has 102 valence electrons. The Hall–Kier alpha value is -1.78. The molecule has 3 nitrogen and oxygen atoms in total. The van der Waals surface area contributed by atoms with E-state index in [2.05, 4.69) is 0 Å². The Kier molecular flexibility index (Phi) is 3.51. The highest BCUT2D eigenvalue weighted by Crippen LogP contribution is 2.27. The molecule has 0 saturated heterocycles. The smallest absolute Gasteiger partial charge is 0.192 e. The van der Waals surface area contributed by atoms with Crippen molar-refractivity contribution in [1.82, 2.24) is 4.57 Å². The number of hydrogen-bond acceptors (Lipinski definition) is 3. The summed E-state index contributed by atoms with van der Waals surface area (Å²) in [5.74, 6) is 0.870. The summed E-state index contributed by atoms with van der Waals surface area (Å²) in [5, 5.41) is 1.01. The van der Waals surface area contributed by atoms with Gasteiger partial charge in [0.05, 0.1) is 28.4 Å². The summed E-state index contributed by atoms with van der Waals surface area (Å²) in [6.07, 6.45) is 1.90. The summed E-state index contributed by atoms with van der Waals surface area (Å²) in [4.78, 5) is 12.9. The van der Waals surface area contributed by atoms with Gasteiger partial charge in [-0.25, -0.2) is 0 Å². The number of methoxy groups -OCH3 is 1. The van der Waals surface area contributed by atoms with Crippen LogP contribution in [0, 0.1) is 0 Å². The number of thiophene rings is 1. The van der Waals surface area contributed by atoms with E-state index in [0.717, 1.165) is 16.7 Å². The zero-order chi connectivity index (χ0) is 14.1. The maximum atomic E-state index is 12.2. The van der Waals surface area contributed by atoms with Crippen LogP contribution in [0.4, 0.5) is 0 Å². The summed E-state index contributed by atoms with van der Waals surface area (Å²) in [6, 6.07) is 11.3. The Morgan fingerprint density at radius 1 is 1.30 bits per heavy atom. The van der Waals surface area contributed by atoms with E-state index in [1.165, 1.54) is 11.3 Å². The van der Waals surface area contributed by atoms with Crippen molar-refractivity contribution >= 4 is 39.6 Å². The van der Waals surface area contributed by atoms with Gasteiger partial charge in [-0.05, 0) is 30.3 Å². The third-order valence-electron chi connectivity index (χ3n) is 3.16. The molecule has 0 N–H and O–H groups in total. The number of halogens is 1. The summed E-state index contributed by atoms with van der Waals surface area (Å²) in [5.41, 5.74) is 0.986. The maximum Gasteiger partial charge on any atom is 0.192 e. The van der Waals surface area contributed by atoms with E-state index >= 15 is 0 Å². The van der Waals surface area contributed by atoms with E-state index in [1.807, 2.05) is 35.0 Å². The number of ether oxygens (including phenoxy) is 1. The molecule has 0 unspecified atom stereocenters. The number of carbonyl (C=O) groups is 1. The molecule has 0 aliphatic rings. The quantitative estimate of drug-likeness (QED) is 0.675. The van der Waals surface area contributed by atoms with Crippen LogP contribution >= 0.6 is 22.9 Å². The first-order chi connectivity index (χ1) is 9.69. The number of carbonyl (C=O) groups excluding carboxylic acids is 1. The van der Waals surface area contributed by atoms with Crippen molar-refractivity contribution in [2.45, 2.75) is 6.54 Å². The Morgan fingerprint density at radius 2 is 2.15 bits per heavy atom. The van der Waals surface area contributed by atoms with Gasteiger partial charge in [0.25, 0.3) is 0 Å². The average Bonchev–Trinajstić information content (AvgIpc) is 3.05. The van der Waals surface area contributed by atoms with Gasteiger partial charge in [0, 0.05) is 11.6 Å². The van der Waals surface area contributed by atoms with Gasteiger partial charge >= 0.3 is 0 Å². The standard InChI is InChI=1S/C15H12ClNO2S/c1-19-13-4-2-3-11-10(13)7-8-17(11)9-12(18)14-5-6-15(16)20-14/h2-8H,9H2,1H3. The zero-order valence-corrected chi connectivity index (χ0v) is 12.4. The van der Waals surface area contributed by atoms with E-state index in [4.69, 9.17) is 16.3 Å². The number of nitrogens with zero attached hydrogens (tertiary/aromatic N) is 1. The minimum absolute atomic E-state index is 0.0576. The first kappa shape index (κ1) is 13.2. The van der Waals surface area contributed by atoms with Crippen LogP contribution in [0.3, 0.4) is 0 Å². The summed E-state index contributed by atoms with van der Waals surface area (Å²) in [7, 11) is 1.64. The molecule has 3 aromatic rings. The molecule has 5 heteroatoms. The van der Waals surface area contributed by atoms with Gasteiger partial charge in [0.1, 0.15) is 5.75 Å². The molecule has 1 aromatic carbocycles. The summed E-state index contributed by atoms with van der Waals surface area (Å²) >= 11 is 7.17. The van der Waals surface area contributed by atoms with Crippen molar-refractivity contribution in [2.75, 3.05) is 7.11 Å². The van der Waals surface area contributed by atoms with Crippen LogP contribution < -0.4 is 4.74 Å². The lowest BCUT2D eigenvalue weighted by atomic mass is 10.2. The lowest BCUT2D eigenvalue weighted by molar-refractivity contribution is 0.0977. The normalized spacial score (nSPS) is 10.9. The van der Waals surface area contributed by atoms with Crippen molar-refractivity contribution in [2.24, 2.45) is 0 Å². The van der Waals surface area contributed by atoms with Gasteiger partial charge in [-0.2, -0.15) is 0 Å². The Balaban J connectivity index is 1.93. The third kappa shape index (κ3) is 2.32. The van der Waals surface area contributed by atoms with Gasteiger partial charge in [-0.3, -0.25) is 4.79 Å². The predicted octanol–water partition coefficient (Wildman–Crippen LogP) is 4.25. The van der Waals surface area contributed by atoms with Crippen molar-refractivity contribution in [3.8, 4) is 5.75 Å². The molecule has 20 heavy (non-hydrogen) atoms. The number of Topliss-reactive ketones (excluding diaryl/α,β-unsaturated/α-hetero) is 1. The molecule has 0 atom stereocenters. The van der Waals surface area contributed by atoms with E-state index in [1.54, 1.807) is 19.2 Å². The molecule has 0 saturated carbocycles. The van der Waals surface area contributed by atoms with Crippen LogP contribution in [0.2, 0.25) is 4.34 Å². The van der Waals surface area contributed by atoms with Gasteiger partial charge in [-0.1, -0.05) is 17.7 Å². The topological polar surface area (TPSA) is 31.2 Å². The fourth-order valence-electron chi connectivity index (χ4n) is 2.21. The molecular formula is C15H12ClNO2S. The average molecular weight is 306 g/mol. The van der Waals surface area contributed by atoms with E-state index in [9.17, 15) is 4.79 Å². The maximum absolute atomic E-state index is 12.2. The SMILES string of the molecule is COc1cccc2c1ccn2CC(=O)c1ccc(Cl)s1. The first-order valence-electron chi connectivity index (χ1n) is 6.09. The van der Waals surface area contributed by atoms with Crippen LogP contribution in [-0.4, -0.2) is 17.5 Å². The second-order valence-electron chi connectivity index (χ2n) is 4.36. The third-order valence-corrected chi connectivity index (χ3v) is 4.43. The van der Waals surface area contributed by atoms with E-state index in [-0.39, 0.29) is 5.78 Å². The number of rotatable bonds is 4. The molecule has 0 amide bonds. The Bertz CT molecular complexity index is 775. The first-order valence-corrected chi connectivity index (χ1v) is 7.29. The lowest BCUT2D eigenvalue weighted by Crippen LogP contribution is -2.07. The highest BCUT2D eigenvalue weighted by molar-refractivity contribution is 7.18. The molecular weight excluding hydrogens is 294 g/mol. The highest BCUT2D eigenvalue weighted by atomic mass is 35.5. The highest BCUT2D eigenvalue weighted by Gasteiger charge is 2.12. The molecule has 0 bridgehead atoms. The van der Waals surface area contributed by atoms with Gasteiger partial charge in [-0.15, -0.1) is 11.3 Å². The van der Waals surface area contributed by atoms with Gasteiger partial charge in [0.2, 0.25) is 0 Å². The Labute approximate surface area is 125 Å². The largest absolute Gasteiger partial charge is 0.496 e. The molecule has 0 fully saturated rings. The monoisotopic (exact) mass is 305 g/mol. The number of benzene rings is 1. The minimum Gasteiger partial charge on any atom is -0.496 e. The van der Waals surface area contributed by atoms with Crippen LogP contribution in [-0.2, 0) is 6.54 Å². The number of fused-ring (bicyclic) bond motifs is 1. The molecule has 2 heterocycles.